The first-order valence-corrected chi connectivity index (χ1v) is 6.70. The van der Waals surface area contributed by atoms with E-state index in [2.05, 4.69) is 15.4 Å². The average Bonchev–Trinajstić information content (AvgIpc) is 2.46. The summed E-state index contributed by atoms with van der Waals surface area (Å²) >= 11 is 0. The molecule has 0 spiro atoms. The maximum atomic E-state index is 12.3. The molecule has 118 valence electrons. The minimum Gasteiger partial charge on any atom is -0.434 e. The first-order chi connectivity index (χ1) is 9.66. The Hall–Kier alpha value is -1.40. The zero-order chi connectivity index (χ0) is 14.4. The number of rotatable bonds is 5. The van der Waals surface area contributed by atoms with Crippen LogP contribution in [-0.4, -0.2) is 25.1 Å². The summed E-state index contributed by atoms with van der Waals surface area (Å²) in [6, 6.07) is 6.27. The van der Waals surface area contributed by atoms with Crippen LogP contribution in [0.5, 0.6) is 5.75 Å². The largest absolute Gasteiger partial charge is 0.434 e. The molecule has 1 aromatic carbocycles. The topological polar surface area (TPSA) is 50.4 Å². The molecular weight excluding hydrogens is 302 g/mol. The summed E-state index contributed by atoms with van der Waals surface area (Å²) < 4.78 is 29.0. The number of alkyl halides is 2. The van der Waals surface area contributed by atoms with E-state index in [4.69, 9.17) is 0 Å². The third-order valence-corrected chi connectivity index (χ3v) is 3.27. The smallest absolute Gasteiger partial charge is 0.387 e. The number of hydrogen-bond donors (Lipinski definition) is 2. The van der Waals surface area contributed by atoms with Gasteiger partial charge < -0.3 is 15.4 Å². The molecule has 7 heteroatoms. The van der Waals surface area contributed by atoms with E-state index in [1.54, 1.807) is 18.2 Å². The minimum atomic E-state index is -2.87. The first kappa shape index (κ1) is 17.7. The van der Waals surface area contributed by atoms with Crippen molar-refractivity contribution in [2.24, 2.45) is 0 Å². The van der Waals surface area contributed by atoms with Gasteiger partial charge in [-0.15, -0.1) is 12.4 Å². The van der Waals surface area contributed by atoms with E-state index >= 15 is 0 Å². The highest BCUT2D eigenvalue weighted by molar-refractivity contribution is 5.85. The fourth-order valence-corrected chi connectivity index (χ4v) is 2.24. The first-order valence-electron chi connectivity index (χ1n) is 6.70. The van der Waals surface area contributed by atoms with E-state index in [0.717, 1.165) is 25.8 Å². The molecule has 21 heavy (non-hydrogen) atoms. The van der Waals surface area contributed by atoms with Crippen molar-refractivity contribution in [3.63, 3.8) is 0 Å². The quantitative estimate of drug-likeness (QED) is 0.876. The van der Waals surface area contributed by atoms with Gasteiger partial charge in [-0.25, -0.2) is 0 Å². The molecule has 1 aliphatic rings. The highest BCUT2D eigenvalue weighted by Crippen LogP contribution is 2.20. The van der Waals surface area contributed by atoms with E-state index in [1.165, 1.54) is 6.07 Å². The normalized spacial score (nSPS) is 18.0. The van der Waals surface area contributed by atoms with Crippen molar-refractivity contribution in [1.29, 1.82) is 0 Å². The maximum absolute atomic E-state index is 12.3. The van der Waals surface area contributed by atoms with Gasteiger partial charge in [0.15, 0.2) is 0 Å². The summed E-state index contributed by atoms with van der Waals surface area (Å²) in [5.41, 5.74) is 0.539. The van der Waals surface area contributed by atoms with E-state index < -0.39 is 6.61 Å². The van der Waals surface area contributed by atoms with Crippen LogP contribution < -0.4 is 15.4 Å². The van der Waals surface area contributed by atoms with Crippen molar-refractivity contribution in [1.82, 2.24) is 10.6 Å². The van der Waals surface area contributed by atoms with Crippen molar-refractivity contribution in [3.8, 4) is 5.75 Å². The Labute approximate surface area is 128 Å². The van der Waals surface area contributed by atoms with E-state index in [-0.39, 0.29) is 36.7 Å². The number of piperidine rings is 1. The van der Waals surface area contributed by atoms with Gasteiger partial charge in [-0.05, 0) is 25.5 Å². The number of carbonyl (C=O) groups excluding carboxylic acids is 1. The Balaban J connectivity index is 0.00000220. The molecule has 2 N–H and O–H groups in total. The molecule has 0 saturated carbocycles. The van der Waals surface area contributed by atoms with Crippen molar-refractivity contribution >= 4 is 18.3 Å². The standard InChI is InChI=1S/C14H18F2N2O2.ClH/c15-14(16)20-12-7-2-1-5-10(12)9-18-13(19)11-6-3-4-8-17-11;/h1-2,5,7,11,14,17H,3-4,6,8-9H2,(H,18,19);1H. The molecule has 0 radical (unpaired) electrons. The van der Waals surface area contributed by atoms with E-state index in [9.17, 15) is 13.6 Å². The Morgan fingerprint density at radius 2 is 2.14 bits per heavy atom. The van der Waals surface area contributed by atoms with Gasteiger partial charge >= 0.3 is 6.61 Å². The third-order valence-electron chi connectivity index (χ3n) is 3.27. The second-order valence-electron chi connectivity index (χ2n) is 4.71. The predicted octanol–water partition coefficient (Wildman–Crippen LogP) is 2.47. The Morgan fingerprint density at radius 1 is 1.38 bits per heavy atom. The lowest BCUT2D eigenvalue weighted by molar-refractivity contribution is -0.123. The summed E-state index contributed by atoms with van der Waals surface area (Å²) in [5.74, 6) is -0.00375. The zero-order valence-corrected chi connectivity index (χ0v) is 12.3. The molecule has 1 unspecified atom stereocenters. The molecule has 1 atom stereocenters. The van der Waals surface area contributed by atoms with Crippen LogP contribution in [0.15, 0.2) is 24.3 Å². The molecule has 0 aromatic heterocycles. The molecule has 1 fully saturated rings. The number of carbonyl (C=O) groups is 1. The van der Waals surface area contributed by atoms with Gasteiger partial charge in [-0.3, -0.25) is 4.79 Å². The number of amides is 1. The van der Waals surface area contributed by atoms with Crippen molar-refractivity contribution in [2.75, 3.05) is 6.54 Å². The monoisotopic (exact) mass is 320 g/mol. The average molecular weight is 321 g/mol. The van der Waals surface area contributed by atoms with Crippen LogP contribution in [0.3, 0.4) is 0 Å². The number of para-hydroxylation sites is 1. The fourth-order valence-electron chi connectivity index (χ4n) is 2.24. The van der Waals surface area contributed by atoms with Gasteiger partial charge in [0.25, 0.3) is 0 Å². The van der Waals surface area contributed by atoms with Crippen LogP contribution in [0.25, 0.3) is 0 Å². The molecule has 0 aliphatic carbocycles. The highest BCUT2D eigenvalue weighted by atomic mass is 35.5. The highest BCUT2D eigenvalue weighted by Gasteiger charge is 2.20. The Morgan fingerprint density at radius 3 is 2.81 bits per heavy atom. The minimum absolute atomic E-state index is 0. The van der Waals surface area contributed by atoms with E-state index in [0.29, 0.717) is 5.56 Å². The van der Waals surface area contributed by atoms with Crippen LogP contribution in [0.1, 0.15) is 24.8 Å². The van der Waals surface area contributed by atoms with Crippen LogP contribution in [0, 0.1) is 0 Å². The van der Waals surface area contributed by atoms with Gasteiger partial charge in [0.05, 0.1) is 6.04 Å². The molecular formula is C14H19ClF2N2O2. The lowest BCUT2D eigenvalue weighted by Crippen LogP contribution is -2.46. The summed E-state index contributed by atoms with van der Waals surface area (Å²) in [6.45, 7) is -1.85. The molecule has 1 amide bonds. The van der Waals surface area contributed by atoms with Crippen molar-refractivity contribution < 1.29 is 18.3 Å². The second-order valence-corrected chi connectivity index (χ2v) is 4.71. The number of hydrogen-bond acceptors (Lipinski definition) is 3. The second kappa shape index (κ2) is 8.79. The number of benzene rings is 1. The van der Waals surface area contributed by atoms with Crippen LogP contribution in [0.2, 0.25) is 0 Å². The zero-order valence-electron chi connectivity index (χ0n) is 11.5. The molecule has 1 heterocycles. The molecule has 1 aliphatic heterocycles. The summed E-state index contributed by atoms with van der Waals surface area (Å²) in [4.78, 5) is 11.9. The number of nitrogens with one attached hydrogen (secondary N) is 2. The van der Waals surface area contributed by atoms with E-state index in [1.807, 2.05) is 0 Å². The number of ether oxygens (including phenoxy) is 1. The lowest BCUT2D eigenvalue weighted by atomic mass is 10.0. The van der Waals surface area contributed by atoms with Gasteiger partial charge in [-0.2, -0.15) is 8.78 Å². The fraction of sp³-hybridized carbons (Fsp3) is 0.500. The van der Waals surface area contributed by atoms with Crippen molar-refractivity contribution in [3.05, 3.63) is 29.8 Å². The van der Waals surface area contributed by atoms with Crippen molar-refractivity contribution in [2.45, 2.75) is 38.5 Å². The number of halogens is 3. The Bertz CT molecular complexity index is 454. The maximum Gasteiger partial charge on any atom is 0.387 e. The van der Waals surface area contributed by atoms with Gasteiger partial charge in [-0.1, -0.05) is 24.6 Å². The Kier molecular flexibility index (Phi) is 7.39. The van der Waals surface area contributed by atoms with Gasteiger partial charge in [0.2, 0.25) is 5.91 Å². The molecule has 0 bridgehead atoms. The predicted molar refractivity (Wildman–Crippen MR) is 77.8 cm³/mol. The van der Waals surface area contributed by atoms with Crippen LogP contribution in [0.4, 0.5) is 8.78 Å². The van der Waals surface area contributed by atoms with Crippen LogP contribution >= 0.6 is 12.4 Å². The lowest BCUT2D eigenvalue weighted by Gasteiger charge is -2.22. The third kappa shape index (κ3) is 5.47. The molecule has 4 nitrogen and oxygen atoms in total. The van der Waals surface area contributed by atoms with Gasteiger partial charge in [0.1, 0.15) is 5.75 Å². The SMILES string of the molecule is Cl.O=C(NCc1ccccc1OC(F)F)C1CCCCN1. The van der Waals surface area contributed by atoms with Crippen LogP contribution in [-0.2, 0) is 11.3 Å². The summed E-state index contributed by atoms with van der Waals surface area (Å²) in [6.07, 6.45) is 2.91. The molecule has 1 saturated heterocycles. The molecule has 2 rings (SSSR count). The summed E-state index contributed by atoms with van der Waals surface area (Å²) in [5, 5.41) is 5.89. The summed E-state index contributed by atoms with van der Waals surface area (Å²) in [7, 11) is 0. The molecule has 1 aromatic rings. The van der Waals surface area contributed by atoms with Gasteiger partial charge in [0, 0.05) is 12.1 Å².